The standard InChI is InChI=1S/C10H21N3O/c1-3-9-5-4-6-13(9)8(2)7-10(11)12-14/h8-9,14H,3-7H2,1-2H3,(H2,11,12). The fourth-order valence-corrected chi connectivity index (χ4v) is 2.34. The van der Waals surface area contributed by atoms with Crippen LogP contribution in [0.15, 0.2) is 5.16 Å². The van der Waals surface area contributed by atoms with Gasteiger partial charge < -0.3 is 10.9 Å². The van der Waals surface area contributed by atoms with Gasteiger partial charge in [-0.3, -0.25) is 4.90 Å². The average Bonchev–Trinajstić information content (AvgIpc) is 2.65. The van der Waals surface area contributed by atoms with Crippen molar-refractivity contribution in [2.24, 2.45) is 10.9 Å². The molecule has 1 fully saturated rings. The first-order chi connectivity index (χ1) is 6.69. The number of hydrogen-bond acceptors (Lipinski definition) is 3. The summed E-state index contributed by atoms with van der Waals surface area (Å²) in [4.78, 5) is 2.47. The predicted molar refractivity (Wildman–Crippen MR) is 57.5 cm³/mol. The predicted octanol–water partition coefficient (Wildman–Crippen LogP) is 1.39. The van der Waals surface area contributed by atoms with E-state index in [2.05, 4.69) is 23.9 Å². The first kappa shape index (κ1) is 11.3. The number of nitrogens with zero attached hydrogens (tertiary/aromatic N) is 2. The third-order valence-electron chi connectivity index (χ3n) is 3.09. The van der Waals surface area contributed by atoms with E-state index < -0.39 is 0 Å². The zero-order valence-electron chi connectivity index (χ0n) is 9.11. The summed E-state index contributed by atoms with van der Waals surface area (Å²) in [6, 6.07) is 1.08. The van der Waals surface area contributed by atoms with Crippen LogP contribution in [0.4, 0.5) is 0 Å². The highest BCUT2D eigenvalue weighted by atomic mass is 16.4. The number of likely N-dealkylation sites (tertiary alicyclic amines) is 1. The smallest absolute Gasteiger partial charge is 0.140 e. The second kappa shape index (κ2) is 5.20. The maximum atomic E-state index is 8.49. The third-order valence-corrected chi connectivity index (χ3v) is 3.09. The summed E-state index contributed by atoms with van der Waals surface area (Å²) in [6.07, 6.45) is 4.42. The van der Waals surface area contributed by atoms with E-state index in [9.17, 15) is 0 Å². The molecule has 14 heavy (non-hydrogen) atoms. The molecule has 1 aliphatic rings. The Balaban J connectivity index is 2.47. The molecule has 2 unspecified atom stereocenters. The average molecular weight is 199 g/mol. The number of oxime groups is 1. The van der Waals surface area contributed by atoms with Crippen LogP contribution in [0.3, 0.4) is 0 Å². The number of nitrogens with two attached hydrogens (primary N) is 1. The number of hydrogen-bond donors (Lipinski definition) is 2. The van der Waals surface area contributed by atoms with Crippen molar-refractivity contribution in [3.8, 4) is 0 Å². The zero-order valence-corrected chi connectivity index (χ0v) is 9.11. The van der Waals surface area contributed by atoms with Crippen molar-refractivity contribution < 1.29 is 5.21 Å². The summed E-state index contributed by atoms with van der Waals surface area (Å²) < 4.78 is 0. The van der Waals surface area contributed by atoms with Gasteiger partial charge in [-0.1, -0.05) is 12.1 Å². The molecule has 1 rings (SSSR count). The molecule has 0 aliphatic carbocycles. The quantitative estimate of drug-likeness (QED) is 0.311. The van der Waals surface area contributed by atoms with Gasteiger partial charge in [0.1, 0.15) is 5.84 Å². The maximum absolute atomic E-state index is 8.49. The lowest BCUT2D eigenvalue weighted by Crippen LogP contribution is -2.39. The molecule has 2 atom stereocenters. The summed E-state index contributed by atoms with van der Waals surface area (Å²) in [6.45, 7) is 5.52. The Kier molecular flexibility index (Phi) is 4.20. The molecule has 4 heteroatoms. The summed E-state index contributed by atoms with van der Waals surface area (Å²) >= 11 is 0. The molecule has 0 aromatic heterocycles. The molecule has 82 valence electrons. The van der Waals surface area contributed by atoms with Crippen molar-refractivity contribution in [3.63, 3.8) is 0 Å². The summed E-state index contributed by atoms with van der Waals surface area (Å²) in [5.74, 6) is 0.333. The molecular weight excluding hydrogens is 178 g/mol. The Labute approximate surface area is 85.8 Å². The summed E-state index contributed by atoms with van der Waals surface area (Å²) in [5.41, 5.74) is 5.50. The molecule has 1 heterocycles. The lowest BCUT2D eigenvalue weighted by atomic mass is 10.1. The molecule has 0 spiro atoms. The summed E-state index contributed by atoms with van der Waals surface area (Å²) in [5, 5.41) is 11.5. The van der Waals surface area contributed by atoms with Crippen LogP contribution in [-0.4, -0.2) is 34.6 Å². The molecule has 0 bridgehead atoms. The van der Waals surface area contributed by atoms with Crippen LogP contribution in [0.25, 0.3) is 0 Å². The molecule has 1 aliphatic heterocycles. The van der Waals surface area contributed by atoms with E-state index in [4.69, 9.17) is 10.9 Å². The van der Waals surface area contributed by atoms with E-state index in [0.29, 0.717) is 24.3 Å². The first-order valence-electron chi connectivity index (χ1n) is 5.41. The normalized spacial score (nSPS) is 26.7. The molecule has 4 nitrogen and oxygen atoms in total. The van der Waals surface area contributed by atoms with Gasteiger partial charge in [-0.25, -0.2) is 0 Å². The third kappa shape index (κ3) is 2.61. The minimum atomic E-state index is 0.333. The Bertz CT molecular complexity index is 206. The lowest BCUT2D eigenvalue weighted by Gasteiger charge is -2.29. The first-order valence-corrected chi connectivity index (χ1v) is 5.41. The number of rotatable bonds is 4. The number of amidine groups is 1. The minimum Gasteiger partial charge on any atom is -0.409 e. The summed E-state index contributed by atoms with van der Waals surface area (Å²) in [7, 11) is 0. The Morgan fingerprint density at radius 1 is 1.71 bits per heavy atom. The van der Waals surface area contributed by atoms with Crippen molar-refractivity contribution in [2.45, 2.75) is 51.6 Å². The molecule has 3 N–H and O–H groups in total. The molecule has 1 saturated heterocycles. The van der Waals surface area contributed by atoms with Crippen LogP contribution in [0, 0.1) is 0 Å². The monoisotopic (exact) mass is 199 g/mol. The topological polar surface area (TPSA) is 61.8 Å². The van der Waals surface area contributed by atoms with Gasteiger partial charge >= 0.3 is 0 Å². The largest absolute Gasteiger partial charge is 0.409 e. The second-order valence-electron chi connectivity index (χ2n) is 4.09. The molecule has 0 aromatic rings. The maximum Gasteiger partial charge on any atom is 0.140 e. The fraction of sp³-hybridized carbons (Fsp3) is 0.900. The van der Waals surface area contributed by atoms with Gasteiger partial charge in [0.15, 0.2) is 0 Å². The van der Waals surface area contributed by atoms with Crippen molar-refractivity contribution in [3.05, 3.63) is 0 Å². The zero-order chi connectivity index (χ0) is 10.6. The van der Waals surface area contributed by atoms with Crippen molar-refractivity contribution in [1.82, 2.24) is 4.90 Å². The Morgan fingerprint density at radius 3 is 3.00 bits per heavy atom. The highest BCUT2D eigenvalue weighted by molar-refractivity contribution is 5.80. The van der Waals surface area contributed by atoms with Gasteiger partial charge in [-0.05, 0) is 32.7 Å². The van der Waals surface area contributed by atoms with Crippen molar-refractivity contribution >= 4 is 5.84 Å². The minimum absolute atomic E-state index is 0.333. The van der Waals surface area contributed by atoms with Crippen LogP contribution < -0.4 is 5.73 Å². The molecule has 0 saturated carbocycles. The van der Waals surface area contributed by atoms with Gasteiger partial charge in [-0.2, -0.15) is 0 Å². The van der Waals surface area contributed by atoms with E-state index in [1.165, 1.54) is 19.3 Å². The highest BCUT2D eigenvalue weighted by Crippen LogP contribution is 2.23. The SMILES string of the molecule is CCC1CCCN1C(C)C/C(N)=N/O. The van der Waals surface area contributed by atoms with Gasteiger partial charge in [-0.15, -0.1) is 0 Å². The van der Waals surface area contributed by atoms with Gasteiger partial charge in [0.05, 0.1) is 0 Å². The van der Waals surface area contributed by atoms with Crippen LogP contribution in [0.5, 0.6) is 0 Å². The van der Waals surface area contributed by atoms with E-state index in [1.807, 2.05) is 0 Å². The van der Waals surface area contributed by atoms with E-state index in [-0.39, 0.29) is 0 Å². The second-order valence-corrected chi connectivity index (χ2v) is 4.09. The molecular formula is C10H21N3O. The molecule has 0 aromatic carbocycles. The van der Waals surface area contributed by atoms with Crippen LogP contribution in [0.1, 0.15) is 39.5 Å². The van der Waals surface area contributed by atoms with E-state index in [0.717, 1.165) is 6.54 Å². The van der Waals surface area contributed by atoms with Gasteiger partial charge in [0, 0.05) is 18.5 Å². The lowest BCUT2D eigenvalue weighted by molar-refractivity contribution is 0.190. The van der Waals surface area contributed by atoms with Crippen molar-refractivity contribution in [2.75, 3.05) is 6.54 Å². The Hall–Kier alpha value is -0.770. The van der Waals surface area contributed by atoms with Gasteiger partial charge in [0.25, 0.3) is 0 Å². The highest BCUT2D eigenvalue weighted by Gasteiger charge is 2.27. The van der Waals surface area contributed by atoms with Crippen LogP contribution in [-0.2, 0) is 0 Å². The van der Waals surface area contributed by atoms with E-state index in [1.54, 1.807) is 0 Å². The van der Waals surface area contributed by atoms with E-state index >= 15 is 0 Å². The fourth-order valence-electron chi connectivity index (χ4n) is 2.34. The van der Waals surface area contributed by atoms with Crippen molar-refractivity contribution in [1.29, 1.82) is 0 Å². The molecule has 0 radical (unpaired) electrons. The van der Waals surface area contributed by atoms with Crippen LogP contribution >= 0.6 is 0 Å². The van der Waals surface area contributed by atoms with Crippen LogP contribution in [0.2, 0.25) is 0 Å². The Morgan fingerprint density at radius 2 is 2.43 bits per heavy atom. The van der Waals surface area contributed by atoms with Gasteiger partial charge in [0.2, 0.25) is 0 Å². The molecule has 0 amide bonds.